The molecular weight excluding hydrogens is 306 g/mol. The summed E-state index contributed by atoms with van der Waals surface area (Å²) in [7, 11) is -3.49. The number of hydrogen-bond acceptors (Lipinski definition) is 3. The van der Waals surface area contributed by atoms with E-state index in [1.165, 1.54) is 0 Å². The molecule has 5 heteroatoms. The monoisotopic (exact) mass is 343 g/mol. The van der Waals surface area contributed by atoms with Crippen molar-refractivity contribution in [3.8, 4) is 6.07 Å². The van der Waals surface area contributed by atoms with E-state index in [2.05, 4.69) is 73.8 Å². The average molecular weight is 344 g/mol. The summed E-state index contributed by atoms with van der Waals surface area (Å²) in [6.45, 7) is 23.5. The van der Waals surface area contributed by atoms with Gasteiger partial charge in [-0.25, -0.2) is 0 Å². The van der Waals surface area contributed by atoms with Crippen molar-refractivity contribution >= 4 is 16.6 Å². The van der Waals surface area contributed by atoms with Gasteiger partial charge in [0.1, 0.15) is 0 Å². The number of nitrogens with zero attached hydrogens (tertiary/aromatic N) is 1. The van der Waals surface area contributed by atoms with E-state index in [-0.39, 0.29) is 16.0 Å². The van der Waals surface area contributed by atoms with Gasteiger partial charge in [-0.3, -0.25) is 0 Å². The standard InChI is InChI=1S/C17H37NO2Si2/c1-16(2,3)21(7,8)19-12-11-15(13-18)14-20-22(9,10)17(4,5)6/h15H,11-12,14H2,1-10H3/t15-/m0/s1. The third-order valence-electron chi connectivity index (χ3n) is 5.37. The van der Waals surface area contributed by atoms with Crippen LogP contribution in [0.4, 0.5) is 0 Å². The van der Waals surface area contributed by atoms with E-state index in [0.717, 1.165) is 6.42 Å². The van der Waals surface area contributed by atoms with Gasteiger partial charge in [-0.1, -0.05) is 41.5 Å². The van der Waals surface area contributed by atoms with Crippen LogP contribution in [0.15, 0.2) is 0 Å². The first-order valence-electron chi connectivity index (χ1n) is 8.31. The molecule has 0 aliphatic carbocycles. The van der Waals surface area contributed by atoms with Gasteiger partial charge in [0.25, 0.3) is 0 Å². The normalized spacial score (nSPS) is 15.5. The lowest BCUT2D eigenvalue weighted by molar-refractivity contribution is 0.213. The van der Waals surface area contributed by atoms with E-state index in [1.54, 1.807) is 0 Å². The summed E-state index contributed by atoms with van der Waals surface area (Å²) in [6.07, 6.45) is 0.762. The molecule has 1 atom stereocenters. The summed E-state index contributed by atoms with van der Waals surface area (Å²) in [6, 6.07) is 2.38. The minimum Gasteiger partial charge on any atom is -0.417 e. The van der Waals surface area contributed by atoms with Crippen LogP contribution >= 0.6 is 0 Å². The fraction of sp³-hybridized carbons (Fsp3) is 0.941. The molecule has 0 saturated carbocycles. The van der Waals surface area contributed by atoms with Crippen molar-refractivity contribution in [1.82, 2.24) is 0 Å². The summed E-state index contributed by atoms with van der Waals surface area (Å²) < 4.78 is 12.3. The highest BCUT2D eigenvalue weighted by Crippen LogP contribution is 2.38. The topological polar surface area (TPSA) is 42.2 Å². The Bertz CT molecular complexity index is 387. The van der Waals surface area contributed by atoms with Crippen LogP contribution in [0.2, 0.25) is 36.3 Å². The molecule has 0 aromatic heterocycles. The Hall–Kier alpha value is -0.156. The second-order valence-electron chi connectivity index (χ2n) is 9.29. The predicted molar refractivity (Wildman–Crippen MR) is 100 cm³/mol. The smallest absolute Gasteiger partial charge is 0.192 e. The summed E-state index contributed by atoms with van der Waals surface area (Å²) >= 11 is 0. The van der Waals surface area contributed by atoms with Gasteiger partial charge in [-0.05, 0) is 42.7 Å². The zero-order valence-electron chi connectivity index (χ0n) is 16.5. The maximum Gasteiger partial charge on any atom is 0.192 e. The van der Waals surface area contributed by atoms with E-state index >= 15 is 0 Å². The molecule has 0 radical (unpaired) electrons. The molecule has 0 aliphatic rings. The lowest BCUT2D eigenvalue weighted by Crippen LogP contribution is -2.42. The van der Waals surface area contributed by atoms with Crippen molar-refractivity contribution < 1.29 is 8.85 Å². The molecule has 0 bridgehead atoms. The van der Waals surface area contributed by atoms with Gasteiger partial charge in [0.05, 0.1) is 12.0 Å². The molecule has 0 spiro atoms. The van der Waals surface area contributed by atoms with Gasteiger partial charge in [-0.2, -0.15) is 5.26 Å². The molecule has 0 N–H and O–H groups in total. The summed E-state index contributed by atoms with van der Waals surface area (Å²) in [5.41, 5.74) is 0. The molecule has 130 valence electrons. The SMILES string of the molecule is CC(C)(C)[Si](C)(C)OCC[C@@H](C#N)CO[Si](C)(C)C(C)(C)C. The highest BCUT2D eigenvalue weighted by molar-refractivity contribution is 6.74. The molecule has 0 heterocycles. The van der Waals surface area contributed by atoms with Gasteiger partial charge in [0, 0.05) is 13.2 Å². The van der Waals surface area contributed by atoms with E-state index < -0.39 is 16.6 Å². The van der Waals surface area contributed by atoms with Gasteiger partial charge < -0.3 is 8.85 Å². The van der Waals surface area contributed by atoms with Crippen molar-refractivity contribution in [2.75, 3.05) is 13.2 Å². The second kappa shape index (κ2) is 7.61. The zero-order chi connectivity index (χ0) is 17.8. The molecule has 0 saturated heterocycles. The first kappa shape index (κ1) is 21.8. The van der Waals surface area contributed by atoms with Crippen molar-refractivity contribution in [3.05, 3.63) is 0 Å². The molecule has 3 nitrogen and oxygen atoms in total. The minimum absolute atomic E-state index is 0.0705. The lowest BCUT2D eigenvalue weighted by Gasteiger charge is -2.37. The fourth-order valence-electron chi connectivity index (χ4n) is 1.38. The van der Waals surface area contributed by atoms with Gasteiger partial charge in [0.15, 0.2) is 16.6 Å². The van der Waals surface area contributed by atoms with Crippen LogP contribution in [0.25, 0.3) is 0 Å². The Balaban J connectivity index is 4.40. The predicted octanol–water partition coefficient (Wildman–Crippen LogP) is 5.56. The van der Waals surface area contributed by atoms with E-state index in [9.17, 15) is 5.26 Å². The summed E-state index contributed by atoms with van der Waals surface area (Å²) in [5.74, 6) is -0.0705. The third-order valence-corrected chi connectivity index (χ3v) is 14.4. The largest absolute Gasteiger partial charge is 0.417 e. The van der Waals surface area contributed by atoms with Crippen LogP contribution in [-0.4, -0.2) is 29.8 Å². The van der Waals surface area contributed by atoms with Crippen LogP contribution in [0, 0.1) is 17.2 Å². The molecule has 0 fully saturated rings. The van der Waals surface area contributed by atoms with E-state index in [0.29, 0.717) is 13.2 Å². The second-order valence-corrected chi connectivity index (χ2v) is 18.9. The number of hydrogen-bond donors (Lipinski definition) is 0. The molecule has 0 aromatic rings. The maximum absolute atomic E-state index is 9.36. The molecule has 0 rings (SSSR count). The van der Waals surface area contributed by atoms with E-state index in [1.807, 2.05) is 0 Å². The number of rotatable bonds is 7. The Morgan fingerprint density at radius 2 is 1.27 bits per heavy atom. The maximum atomic E-state index is 9.36. The minimum atomic E-state index is -1.77. The van der Waals surface area contributed by atoms with Gasteiger partial charge >= 0.3 is 0 Å². The fourth-order valence-corrected chi connectivity index (χ4v) is 3.50. The van der Waals surface area contributed by atoms with Crippen LogP contribution in [0.1, 0.15) is 48.0 Å². The van der Waals surface area contributed by atoms with Crippen molar-refractivity contribution in [2.45, 2.75) is 84.2 Å². The summed E-state index contributed by atoms with van der Waals surface area (Å²) in [5, 5.41) is 9.76. The Morgan fingerprint density at radius 1 is 0.864 bits per heavy atom. The number of nitriles is 1. The van der Waals surface area contributed by atoms with Crippen molar-refractivity contribution in [3.63, 3.8) is 0 Å². The van der Waals surface area contributed by atoms with Gasteiger partial charge in [0.2, 0.25) is 0 Å². The van der Waals surface area contributed by atoms with E-state index in [4.69, 9.17) is 8.85 Å². The molecule has 22 heavy (non-hydrogen) atoms. The Morgan fingerprint density at radius 3 is 1.64 bits per heavy atom. The Labute approximate surface area is 140 Å². The Kier molecular flexibility index (Phi) is 7.55. The molecular formula is C17H37NO2Si2. The van der Waals surface area contributed by atoms with Crippen LogP contribution in [0.5, 0.6) is 0 Å². The molecule has 0 amide bonds. The highest BCUT2D eigenvalue weighted by Gasteiger charge is 2.38. The zero-order valence-corrected chi connectivity index (χ0v) is 18.5. The van der Waals surface area contributed by atoms with Crippen LogP contribution in [0.3, 0.4) is 0 Å². The summed E-state index contributed by atoms with van der Waals surface area (Å²) in [4.78, 5) is 0. The first-order valence-corrected chi connectivity index (χ1v) is 14.1. The molecule has 0 unspecified atom stereocenters. The lowest BCUT2D eigenvalue weighted by atomic mass is 10.1. The van der Waals surface area contributed by atoms with Gasteiger partial charge in [-0.15, -0.1) is 0 Å². The average Bonchev–Trinajstić information content (AvgIpc) is 2.30. The van der Waals surface area contributed by atoms with Crippen LogP contribution < -0.4 is 0 Å². The quantitative estimate of drug-likeness (QED) is 0.568. The third kappa shape index (κ3) is 6.53. The molecule has 0 aromatic carbocycles. The van der Waals surface area contributed by atoms with Crippen LogP contribution in [-0.2, 0) is 8.85 Å². The first-order chi connectivity index (χ1) is 9.64. The van der Waals surface area contributed by atoms with Crippen molar-refractivity contribution in [2.24, 2.45) is 5.92 Å². The van der Waals surface area contributed by atoms with Crippen molar-refractivity contribution in [1.29, 1.82) is 5.26 Å². The highest BCUT2D eigenvalue weighted by atomic mass is 28.4. The molecule has 0 aliphatic heterocycles.